The first-order chi connectivity index (χ1) is 15.1. The molecular weight excluding hydrogens is 392 g/mol. The van der Waals surface area contributed by atoms with Crippen molar-refractivity contribution >= 4 is 17.7 Å². The van der Waals surface area contributed by atoms with Gasteiger partial charge in [-0.25, -0.2) is 10.2 Å². The van der Waals surface area contributed by atoms with Gasteiger partial charge in [-0.3, -0.25) is 14.9 Å². The van der Waals surface area contributed by atoms with Crippen molar-refractivity contribution in [2.24, 2.45) is 0 Å². The Morgan fingerprint density at radius 2 is 1.97 bits per heavy atom. The van der Waals surface area contributed by atoms with Gasteiger partial charge in [-0.2, -0.15) is 0 Å². The Kier molecular flexibility index (Phi) is 6.40. The fraction of sp³-hybridized carbons (Fsp3) is 0.261. The van der Waals surface area contributed by atoms with Crippen LogP contribution in [0.4, 0.5) is 5.69 Å². The number of benzene rings is 2. The van der Waals surface area contributed by atoms with Crippen LogP contribution in [0, 0.1) is 0 Å². The molecule has 1 fully saturated rings. The summed E-state index contributed by atoms with van der Waals surface area (Å²) >= 11 is 0. The third-order valence-corrected chi connectivity index (χ3v) is 5.58. The molecule has 0 aliphatic carbocycles. The molecule has 1 amide bonds. The Hall–Kier alpha value is -3.49. The van der Waals surface area contributed by atoms with Crippen molar-refractivity contribution < 1.29 is 10.0 Å². The minimum atomic E-state index is -0.542. The molecule has 4 N–H and O–H groups in total. The molecule has 2 heterocycles. The van der Waals surface area contributed by atoms with E-state index in [0.717, 1.165) is 48.6 Å². The molecule has 1 aliphatic heterocycles. The molecule has 0 radical (unpaired) electrons. The lowest BCUT2D eigenvalue weighted by atomic mass is 10.0. The zero-order valence-electron chi connectivity index (χ0n) is 17.2. The summed E-state index contributed by atoms with van der Waals surface area (Å²) in [6.45, 7) is 1.98. The SMILES string of the molecule is Nc1ccc(-n2cc(CCN3CCC[C@H]3c3ccc(C=CC(=O)NO)cc3)nn2)cc1. The highest BCUT2D eigenvalue weighted by Crippen LogP contribution is 2.32. The van der Waals surface area contributed by atoms with Crippen molar-refractivity contribution in [1.29, 1.82) is 0 Å². The van der Waals surface area contributed by atoms with Crippen LogP contribution >= 0.6 is 0 Å². The third-order valence-electron chi connectivity index (χ3n) is 5.58. The topological polar surface area (TPSA) is 109 Å². The highest BCUT2D eigenvalue weighted by atomic mass is 16.5. The number of nitrogens with two attached hydrogens (primary N) is 1. The molecule has 1 atom stereocenters. The molecule has 8 heteroatoms. The van der Waals surface area contributed by atoms with Gasteiger partial charge in [-0.05, 0) is 60.9 Å². The van der Waals surface area contributed by atoms with E-state index in [1.54, 1.807) is 16.2 Å². The minimum absolute atomic E-state index is 0.380. The van der Waals surface area contributed by atoms with E-state index in [0.29, 0.717) is 6.04 Å². The van der Waals surface area contributed by atoms with Crippen LogP contribution in [0.15, 0.2) is 60.8 Å². The first kappa shape index (κ1) is 20.8. The van der Waals surface area contributed by atoms with Gasteiger partial charge in [-0.1, -0.05) is 29.5 Å². The zero-order chi connectivity index (χ0) is 21.6. The lowest BCUT2D eigenvalue weighted by Gasteiger charge is -2.24. The Labute approximate surface area is 180 Å². The lowest BCUT2D eigenvalue weighted by molar-refractivity contribution is -0.124. The van der Waals surface area contributed by atoms with Crippen molar-refractivity contribution in [2.45, 2.75) is 25.3 Å². The number of rotatable bonds is 7. The summed E-state index contributed by atoms with van der Waals surface area (Å²) in [5.74, 6) is -0.542. The number of hydroxylamine groups is 1. The summed E-state index contributed by atoms with van der Waals surface area (Å²) in [6.07, 6.45) is 8.07. The Morgan fingerprint density at radius 1 is 1.19 bits per heavy atom. The van der Waals surface area contributed by atoms with Gasteiger partial charge in [0.15, 0.2) is 0 Å². The number of aromatic nitrogens is 3. The molecule has 0 bridgehead atoms. The Morgan fingerprint density at radius 3 is 2.71 bits per heavy atom. The maximum atomic E-state index is 11.1. The third kappa shape index (κ3) is 5.17. The zero-order valence-corrected chi connectivity index (χ0v) is 17.2. The second-order valence-electron chi connectivity index (χ2n) is 7.67. The number of hydrogen-bond acceptors (Lipinski definition) is 6. The molecule has 0 saturated carbocycles. The number of nitrogen functional groups attached to an aromatic ring is 1. The summed E-state index contributed by atoms with van der Waals surface area (Å²) in [6, 6.07) is 16.1. The molecule has 0 spiro atoms. The molecule has 2 aromatic carbocycles. The summed E-state index contributed by atoms with van der Waals surface area (Å²) in [5, 5.41) is 17.1. The number of nitrogens with zero attached hydrogens (tertiary/aromatic N) is 4. The largest absolute Gasteiger partial charge is 0.399 e. The number of likely N-dealkylation sites (tertiary alicyclic amines) is 1. The summed E-state index contributed by atoms with van der Waals surface area (Å²) in [5.41, 5.74) is 12.2. The second kappa shape index (κ2) is 9.55. The number of nitrogens with one attached hydrogen (secondary N) is 1. The van der Waals surface area contributed by atoms with Crippen molar-refractivity contribution in [3.05, 3.63) is 77.6 Å². The number of hydrogen-bond donors (Lipinski definition) is 3. The van der Waals surface area contributed by atoms with Crippen LogP contribution in [0.2, 0.25) is 0 Å². The fourth-order valence-electron chi connectivity index (χ4n) is 3.93. The van der Waals surface area contributed by atoms with E-state index in [4.69, 9.17) is 10.9 Å². The molecule has 1 aromatic heterocycles. The van der Waals surface area contributed by atoms with Crippen LogP contribution in [0.25, 0.3) is 11.8 Å². The molecule has 0 unspecified atom stereocenters. The quantitative estimate of drug-likeness (QED) is 0.236. The average molecular weight is 419 g/mol. The fourth-order valence-corrected chi connectivity index (χ4v) is 3.93. The maximum absolute atomic E-state index is 11.1. The number of amides is 1. The van der Waals surface area contributed by atoms with E-state index in [1.807, 2.05) is 42.6 Å². The van der Waals surface area contributed by atoms with Gasteiger partial charge in [0.2, 0.25) is 0 Å². The summed E-state index contributed by atoms with van der Waals surface area (Å²) < 4.78 is 1.78. The lowest BCUT2D eigenvalue weighted by Crippen LogP contribution is -2.25. The van der Waals surface area contributed by atoms with Crippen LogP contribution < -0.4 is 11.2 Å². The monoisotopic (exact) mass is 418 g/mol. The Bertz CT molecular complexity index is 1040. The maximum Gasteiger partial charge on any atom is 0.267 e. The predicted octanol–water partition coefficient (Wildman–Crippen LogP) is 2.75. The molecule has 4 rings (SSSR count). The number of carbonyl (C=O) groups excluding carboxylic acids is 1. The normalized spacial score (nSPS) is 16.7. The molecular formula is C23H26N6O2. The highest BCUT2D eigenvalue weighted by molar-refractivity contribution is 5.90. The minimum Gasteiger partial charge on any atom is -0.399 e. The first-order valence-electron chi connectivity index (χ1n) is 10.4. The van der Waals surface area contributed by atoms with Crippen molar-refractivity contribution in [1.82, 2.24) is 25.4 Å². The Balaban J connectivity index is 1.36. The first-order valence-corrected chi connectivity index (χ1v) is 10.4. The van der Waals surface area contributed by atoms with Crippen molar-refractivity contribution in [3.63, 3.8) is 0 Å². The van der Waals surface area contributed by atoms with Gasteiger partial charge in [0, 0.05) is 30.8 Å². The standard InChI is InChI=1S/C23H26N6O2/c24-19-8-10-21(11-9-19)29-16-20(25-27-29)13-15-28-14-1-2-22(28)18-6-3-17(4-7-18)5-12-23(30)26-31/h3-12,16,22,31H,1-2,13-15,24H2,(H,26,30)/t22-/m0/s1. The summed E-state index contributed by atoms with van der Waals surface area (Å²) in [4.78, 5) is 13.6. The molecule has 8 nitrogen and oxygen atoms in total. The second-order valence-corrected chi connectivity index (χ2v) is 7.67. The van der Waals surface area contributed by atoms with E-state index in [9.17, 15) is 4.79 Å². The molecule has 1 aliphatic rings. The number of anilines is 1. The van der Waals surface area contributed by atoms with Gasteiger partial charge in [0.05, 0.1) is 17.6 Å². The van der Waals surface area contributed by atoms with E-state index in [2.05, 4.69) is 27.3 Å². The van der Waals surface area contributed by atoms with E-state index in [1.165, 1.54) is 18.1 Å². The van der Waals surface area contributed by atoms with Gasteiger partial charge >= 0.3 is 0 Å². The van der Waals surface area contributed by atoms with E-state index in [-0.39, 0.29) is 0 Å². The average Bonchev–Trinajstić information content (AvgIpc) is 3.46. The smallest absolute Gasteiger partial charge is 0.267 e. The van der Waals surface area contributed by atoms with Gasteiger partial charge in [0.1, 0.15) is 0 Å². The van der Waals surface area contributed by atoms with Crippen LogP contribution in [-0.4, -0.2) is 44.1 Å². The van der Waals surface area contributed by atoms with E-state index < -0.39 is 5.91 Å². The van der Waals surface area contributed by atoms with Crippen LogP contribution in [0.1, 0.15) is 35.7 Å². The van der Waals surface area contributed by atoms with Crippen LogP contribution in [-0.2, 0) is 11.2 Å². The van der Waals surface area contributed by atoms with Crippen LogP contribution in [0.5, 0.6) is 0 Å². The molecule has 31 heavy (non-hydrogen) atoms. The van der Waals surface area contributed by atoms with Gasteiger partial charge in [-0.15, -0.1) is 5.10 Å². The summed E-state index contributed by atoms with van der Waals surface area (Å²) in [7, 11) is 0. The van der Waals surface area contributed by atoms with Crippen molar-refractivity contribution in [2.75, 3.05) is 18.8 Å². The van der Waals surface area contributed by atoms with Gasteiger partial charge in [0.25, 0.3) is 5.91 Å². The van der Waals surface area contributed by atoms with Crippen LogP contribution in [0.3, 0.4) is 0 Å². The van der Waals surface area contributed by atoms with Crippen molar-refractivity contribution in [3.8, 4) is 5.69 Å². The highest BCUT2D eigenvalue weighted by Gasteiger charge is 2.25. The van der Waals surface area contributed by atoms with E-state index >= 15 is 0 Å². The molecule has 160 valence electrons. The number of carbonyl (C=O) groups is 1. The van der Waals surface area contributed by atoms with Gasteiger partial charge < -0.3 is 5.73 Å². The molecule has 3 aromatic rings. The predicted molar refractivity (Wildman–Crippen MR) is 118 cm³/mol. The molecule has 1 saturated heterocycles.